The first-order valence-electron chi connectivity index (χ1n) is 18.5. The van der Waals surface area contributed by atoms with Crippen molar-refractivity contribution >= 4 is 35.0 Å². The molecule has 14 heteroatoms. The Morgan fingerprint density at radius 2 is 0.790 bits per heavy atom. The van der Waals surface area contributed by atoms with Crippen LogP contribution < -0.4 is 0 Å². The fraction of sp³-hybridized carbons (Fsp3) is 0.0833. The number of allylic oxidation sites excluding steroid dienone is 4. The third-order valence-corrected chi connectivity index (χ3v) is 10.8. The van der Waals surface area contributed by atoms with E-state index in [4.69, 9.17) is 0 Å². The average molecular weight is 849 g/mol. The lowest BCUT2D eigenvalue weighted by atomic mass is 9.62. The first-order valence-corrected chi connectivity index (χ1v) is 18.5. The summed E-state index contributed by atoms with van der Waals surface area (Å²) in [5.41, 5.74) is -6.32. The van der Waals surface area contributed by atoms with Crippen molar-refractivity contribution in [1.29, 1.82) is 0 Å². The minimum absolute atomic E-state index is 0.0740. The van der Waals surface area contributed by atoms with Gasteiger partial charge in [0, 0.05) is 0 Å². The van der Waals surface area contributed by atoms with E-state index in [9.17, 15) is 39.6 Å². The van der Waals surface area contributed by atoms with Gasteiger partial charge >= 0.3 is 36.2 Å². The summed E-state index contributed by atoms with van der Waals surface area (Å²) in [6, 6.07) is 29.1. The molecule has 6 aromatic rings. The molecule has 4 N–H and O–H groups in total. The van der Waals surface area contributed by atoms with Crippen molar-refractivity contribution in [3.8, 4) is 33.4 Å². The van der Waals surface area contributed by atoms with Gasteiger partial charge in [-0.1, -0.05) is 66.7 Å². The standard InChI is InChI=1S/C48H30F6O8/c49-47(50,51)41-24-40(34-3-1-2-33(20-34)26-4-10-29(11-5-26)42(55)56)46(48(52,53)54,38-18-16-32(17-19-38)45(61)62)25-39(41)37-22-35(27-6-12-30(13-7-27)43(57)58)21-36(23-37)28-8-14-31(15-9-28)44(59)60/h1-24H,25H2,(H,55,56)(H,57,58)(H,59,60)(H,61,62). The summed E-state index contributed by atoms with van der Waals surface area (Å²) in [7, 11) is 0. The molecule has 62 heavy (non-hydrogen) atoms. The molecule has 0 fully saturated rings. The zero-order valence-electron chi connectivity index (χ0n) is 31.8. The highest BCUT2D eigenvalue weighted by Crippen LogP contribution is 2.60. The number of hydrogen-bond acceptors (Lipinski definition) is 4. The summed E-state index contributed by atoms with van der Waals surface area (Å²) in [6.45, 7) is 0. The monoisotopic (exact) mass is 848 g/mol. The minimum atomic E-state index is -5.34. The molecule has 1 aliphatic carbocycles. The summed E-state index contributed by atoms with van der Waals surface area (Å²) in [6.07, 6.45) is -11.5. The van der Waals surface area contributed by atoms with Crippen LogP contribution in [-0.4, -0.2) is 56.7 Å². The van der Waals surface area contributed by atoms with Crippen LogP contribution in [0.4, 0.5) is 26.3 Å². The van der Waals surface area contributed by atoms with E-state index in [-0.39, 0.29) is 50.1 Å². The quantitative estimate of drug-likeness (QED) is 0.0996. The van der Waals surface area contributed by atoms with Gasteiger partial charge in [-0.25, -0.2) is 19.2 Å². The van der Waals surface area contributed by atoms with Gasteiger partial charge in [-0.15, -0.1) is 0 Å². The summed E-state index contributed by atoms with van der Waals surface area (Å²) < 4.78 is 96.0. The molecular weight excluding hydrogens is 819 g/mol. The Balaban J connectivity index is 1.54. The van der Waals surface area contributed by atoms with E-state index >= 15 is 26.3 Å². The number of alkyl halides is 6. The third kappa shape index (κ3) is 8.09. The topological polar surface area (TPSA) is 149 Å². The van der Waals surface area contributed by atoms with E-state index < -0.39 is 70.3 Å². The first kappa shape index (κ1) is 42.4. The number of rotatable bonds is 10. The van der Waals surface area contributed by atoms with Gasteiger partial charge in [0.25, 0.3) is 0 Å². The maximum absolute atomic E-state index is 16.4. The van der Waals surface area contributed by atoms with E-state index in [1.54, 1.807) is 0 Å². The van der Waals surface area contributed by atoms with Gasteiger partial charge in [0.2, 0.25) is 0 Å². The maximum Gasteiger partial charge on any atom is 0.416 e. The van der Waals surface area contributed by atoms with E-state index in [1.165, 1.54) is 115 Å². The molecule has 6 aromatic carbocycles. The van der Waals surface area contributed by atoms with Crippen molar-refractivity contribution < 1.29 is 65.9 Å². The number of carbonyl (C=O) groups is 4. The van der Waals surface area contributed by atoms with E-state index in [1.807, 2.05) is 0 Å². The summed E-state index contributed by atoms with van der Waals surface area (Å²) in [5, 5.41) is 37.9. The Kier molecular flexibility index (Phi) is 11.0. The second-order valence-electron chi connectivity index (χ2n) is 14.4. The van der Waals surface area contributed by atoms with E-state index in [0.717, 1.165) is 24.3 Å². The van der Waals surface area contributed by atoms with Crippen molar-refractivity contribution in [2.75, 3.05) is 0 Å². The third-order valence-electron chi connectivity index (χ3n) is 10.8. The maximum atomic E-state index is 16.4. The lowest BCUT2D eigenvalue weighted by molar-refractivity contribution is -0.172. The van der Waals surface area contributed by atoms with Crippen LogP contribution in [0.1, 0.15) is 64.5 Å². The van der Waals surface area contributed by atoms with Crippen molar-refractivity contribution in [1.82, 2.24) is 0 Å². The Bertz CT molecular complexity index is 2750. The summed E-state index contributed by atoms with van der Waals surface area (Å²) in [4.78, 5) is 46.5. The minimum Gasteiger partial charge on any atom is -0.478 e. The Morgan fingerprint density at radius 1 is 0.435 bits per heavy atom. The van der Waals surface area contributed by atoms with Gasteiger partial charge in [-0.2, -0.15) is 26.3 Å². The highest BCUT2D eigenvalue weighted by Gasteiger charge is 2.61. The normalized spacial score (nSPS) is 15.5. The van der Waals surface area contributed by atoms with Gasteiger partial charge < -0.3 is 20.4 Å². The number of aromatic carboxylic acids is 4. The molecule has 0 bridgehead atoms. The molecule has 1 aliphatic rings. The van der Waals surface area contributed by atoms with Gasteiger partial charge in [0.05, 0.1) is 27.8 Å². The average Bonchev–Trinajstić information content (AvgIpc) is 3.25. The van der Waals surface area contributed by atoms with Gasteiger partial charge in [-0.3, -0.25) is 0 Å². The second-order valence-corrected chi connectivity index (χ2v) is 14.4. The lowest BCUT2D eigenvalue weighted by Gasteiger charge is -2.43. The van der Waals surface area contributed by atoms with Gasteiger partial charge in [0.1, 0.15) is 5.41 Å². The number of carboxylic acids is 4. The predicted octanol–water partition coefficient (Wildman–Crippen LogP) is 11.8. The lowest BCUT2D eigenvalue weighted by Crippen LogP contribution is -2.45. The van der Waals surface area contributed by atoms with Crippen molar-refractivity contribution in [2.24, 2.45) is 0 Å². The highest BCUT2D eigenvalue weighted by atomic mass is 19.4. The van der Waals surface area contributed by atoms with Crippen LogP contribution in [0.2, 0.25) is 0 Å². The number of halogens is 6. The molecule has 7 rings (SSSR count). The largest absolute Gasteiger partial charge is 0.478 e. The fourth-order valence-electron chi connectivity index (χ4n) is 7.64. The zero-order chi connectivity index (χ0) is 44.7. The molecular formula is C48H30F6O8. The molecule has 8 nitrogen and oxygen atoms in total. The van der Waals surface area contributed by atoms with Crippen LogP contribution in [0.5, 0.6) is 0 Å². The van der Waals surface area contributed by atoms with Crippen molar-refractivity contribution in [3.63, 3.8) is 0 Å². The number of hydrogen-bond donors (Lipinski definition) is 4. The summed E-state index contributed by atoms with van der Waals surface area (Å²) in [5.74, 6) is -5.18. The molecule has 0 heterocycles. The molecule has 0 aliphatic heterocycles. The molecule has 1 unspecified atom stereocenters. The molecule has 0 amide bonds. The van der Waals surface area contributed by atoms with E-state index in [2.05, 4.69) is 0 Å². The van der Waals surface area contributed by atoms with E-state index in [0.29, 0.717) is 22.8 Å². The zero-order valence-corrected chi connectivity index (χ0v) is 31.8. The smallest absolute Gasteiger partial charge is 0.416 e. The molecule has 312 valence electrons. The van der Waals surface area contributed by atoms with Crippen LogP contribution >= 0.6 is 0 Å². The fourth-order valence-corrected chi connectivity index (χ4v) is 7.64. The molecule has 0 aromatic heterocycles. The molecule has 0 saturated carbocycles. The SMILES string of the molecule is O=C(O)c1ccc(-c2cccc(C3=CC(C(F)(F)F)=C(c4cc(-c5ccc(C(=O)O)cc5)cc(-c5ccc(C(=O)O)cc5)c4)CC3(c3ccc(C(=O)O)cc3)C(F)(F)F)c2)cc1. The Morgan fingerprint density at radius 3 is 1.18 bits per heavy atom. The molecule has 0 radical (unpaired) electrons. The van der Waals surface area contributed by atoms with Crippen molar-refractivity contribution in [3.05, 3.63) is 190 Å². The van der Waals surface area contributed by atoms with Crippen LogP contribution in [0.25, 0.3) is 44.5 Å². The van der Waals surface area contributed by atoms with Crippen LogP contribution in [-0.2, 0) is 5.41 Å². The number of benzene rings is 6. The van der Waals surface area contributed by atoms with Gasteiger partial charge in [-0.05, 0) is 147 Å². The van der Waals surface area contributed by atoms with Crippen LogP contribution in [0, 0.1) is 0 Å². The van der Waals surface area contributed by atoms with Crippen LogP contribution in [0.15, 0.2) is 151 Å². The molecule has 0 saturated heterocycles. The molecule has 1 atom stereocenters. The van der Waals surface area contributed by atoms with Gasteiger partial charge in [0.15, 0.2) is 0 Å². The Hall–Kier alpha value is -7.74. The second kappa shape index (κ2) is 16.0. The first-order chi connectivity index (χ1) is 29.3. The van der Waals surface area contributed by atoms with Crippen LogP contribution in [0.3, 0.4) is 0 Å². The predicted molar refractivity (Wildman–Crippen MR) is 217 cm³/mol. The van der Waals surface area contributed by atoms with Crippen molar-refractivity contribution in [2.45, 2.75) is 24.2 Å². The number of carboxylic acid groups (broad SMARTS) is 4. The molecule has 0 spiro atoms. The highest BCUT2D eigenvalue weighted by molar-refractivity contribution is 5.94. The summed E-state index contributed by atoms with van der Waals surface area (Å²) >= 11 is 0. The Labute approximate surface area is 348 Å².